The first-order valence-electron chi connectivity index (χ1n) is 24.8. The van der Waals surface area contributed by atoms with Gasteiger partial charge in [0.15, 0.2) is 0 Å². The second kappa shape index (κ2) is 20.3. The van der Waals surface area contributed by atoms with E-state index in [0.717, 1.165) is 44.5 Å². The van der Waals surface area contributed by atoms with Crippen LogP contribution in [0.2, 0.25) is 0 Å². The topological polar surface area (TPSA) is 179 Å². The number of carbonyl (C=O) groups is 5. The van der Waals surface area contributed by atoms with Gasteiger partial charge in [-0.15, -0.1) is 0 Å². The molecular formula is C54H70N8O8. The molecule has 3 N–H and O–H groups in total. The number of cyclic esters (lactones) is 1. The number of phenols is 1. The van der Waals surface area contributed by atoms with Crippen LogP contribution in [0.4, 0.5) is 0 Å². The summed E-state index contributed by atoms with van der Waals surface area (Å²) in [6.07, 6.45) is 6.83. The number of aryl methyl sites for hydroxylation is 1. The van der Waals surface area contributed by atoms with E-state index in [-0.39, 0.29) is 62.2 Å². The third-order valence-electron chi connectivity index (χ3n) is 14.5. The number of ether oxygens (including phenoxy) is 2. The maximum Gasteiger partial charge on any atom is 0.324 e. The van der Waals surface area contributed by atoms with Crippen molar-refractivity contribution in [3.8, 4) is 28.1 Å². The van der Waals surface area contributed by atoms with Gasteiger partial charge in [0.05, 0.1) is 29.5 Å². The smallest absolute Gasteiger partial charge is 0.324 e. The van der Waals surface area contributed by atoms with Gasteiger partial charge in [-0.25, -0.2) is 5.43 Å². The summed E-state index contributed by atoms with van der Waals surface area (Å²) >= 11 is 0. The lowest BCUT2D eigenvalue weighted by molar-refractivity contribution is -0.156. The maximum atomic E-state index is 14.8. The Kier molecular flexibility index (Phi) is 14.6. The Hall–Kier alpha value is -6.10. The average Bonchev–Trinajstić information content (AvgIpc) is 3.81. The first kappa shape index (κ1) is 50.3. The highest BCUT2D eigenvalue weighted by atomic mass is 16.5. The van der Waals surface area contributed by atoms with Crippen LogP contribution < -0.4 is 10.7 Å². The number of pyridine rings is 1. The molecule has 3 saturated heterocycles. The number of phenolic OH excluding ortho intramolecular Hbond substituents is 1. The number of rotatable bonds is 11. The second-order valence-corrected chi connectivity index (χ2v) is 21.1. The minimum Gasteiger partial charge on any atom is -0.508 e. The number of nitrogens with zero attached hydrogens (tertiary/aromatic N) is 6. The Morgan fingerprint density at radius 3 is 2.54 bits per heavy atom. The van der Waals surface area contributed by atoms with E-state index in [0.29, 0.717) is 50.9 Å². The third-order valence-corrected chi connectivity index (χ3v) is 14.5. The fraction of sp³-hybridized carbons (Fsp3) is 0.519. The summed E-state index contributed by atoms with van der Waals surface area (Å²) in [5.74, 6) is -2.07. The molecule has 4 aliphatic heterocycles. The average molecular weight is 959 g/mol. The first-order chi connectivity index (χ1) is 33.3. The van der Waals surface area contributed by atoms with Gasteiger partial charge in [0, 0.05) is 87.0 Å². The molecule has 4 aliphatic rings. The maximum absolute atomic E-state index is 14.8. The van der Waals surface area contributed by atoms with E-state index in [1.165, 1.54) is 5.01 Å². The number of hydrogen-bond acceptors (Lipinski definition) is 11. The Labute approximate surface area is 411 Å². The van der Waals surface area contributed by atoms with Crippen LogP contribution in [0.1, 0.15) is 83.7 Å². The number of nitrogens with one attached hydrogen (secondary N) is 2. The van der Waals surface area contributed by atoms with E-state index in [1.54, 1.807) is 47.4 Å². The summed E-state index contributed by atoms with van der Waals surface area (Å²) < 4.78 is 14.2. The zero-order valence-electron chi connectivity index (χ0n) is 42.2. The summed E-state index contributed by atoms with van der Waals surface area (Å²) in [7, 11) is 5.51. The molecular weight excluding hydrogens is 889 g/mol. The Bertz CT molecular complexity index is 2680. The number of carbonyl (C=O) groups excluding carboxylic acids is 5. The summed E-state index contributed by atoms with van der Waals surface area (Å²) in [6, 6.07) is 12.6. The van der Waals surface area contributed by atoms with E-state index >= 15 is 0 Å². The van der Waals surface area contributed by atoms with Crippen molar-refractivity contribution < 1.29 is 38.6 Å². The van der Waals surface area contributed by atoms with Gasteiger partial charge < -0.3 is 39.2 Å². The van der Waals surface area contributed by atoms with Crippen molar-refractivity contribution in [2.24, 2.45) is 16.7 Å². The molecule has 1 spiro atoms. The number of likely N-dealkylation sites (N-methyl/N-ethyl adjacent to an activating group) is 1. The number of amides is 4. The fourth-order valence-corrected chi connectivity index (χ4v) is 10.8. The molecule has 2 aromatic carbocycles. The first-order valence-corrected chi connectivity index (χ1v) is 24.8. The van der Waals surface area contributed by atoms with Crippen LogP contribution in [0.15, 0.2) is 66.9 Å². The van der Waals surface area contributed by atoms with Gasteiger partial charge in [-0.1, -0.05) is 45.9 Å². The standard InChI is InChI=1S/C54H70N8O8/c1-10-60-44-18-17-36-28-40(44)41(48(60)39-14-11-20-55-46(39)34(4)69-9)29-53(5,6)32-70-51(67)42-15-12-22-62(57-42)50(66)43(26-35-24-37(36)27-38(63)25-35)56-49(65)47(33(2)3)61-23-19-54(52(61)68)30-59(31-54)45(64)16-13-21-58(7)8/h11,13-14,16-18,20,24-25,27-28,33-34,42-43,47,57,63H,10,12,15,19,21-23,26,29-32H2,1-9H3,(H,56,65)/b16-13+/t34-,42-,43-,47?/m0/s1. The molecule has 0 saturated carbocycles. The van der Waals surface area contributed by atoms with Crippen molar-refractivity contribution in [1.29, 1.82) is 0 Å². The van der Waals surface area contributed by atoms with Gasteiger partial charge in [-0.3, -0.25) is 34.0 Å². The minimum atomic E-state index is -1.15. The zero-order valence-corrected chi connectivity index (χ0v) is 42.2. The molecule has 16 nitrogen and oxygen atoms in total. The third kappa shape index (κ3) is 10.1. The Balaban J connectivity index is 1.16. The number of hydrazine groups is 1. The molecule has 4 amide bonds. The summed E-state index contributed by atoms with van der Waals surface area (Å²) in [5.41, 5.74) is 8.82. The number of methoxy groups -OCH3 is 1. The minimum absolute atomic E-state index is 0.000110. The number of likely N-dealkylation sites (tertiary alicyclic amines) is 2. The number of aromatic nitrogens is 2. The van der Waals surface area contributed by atoms with E-state index in [9.17, 15) is 29.1 Å². The molecule has 8 rings (SSSR count). The summed E-state index contributed by atoms with van der Waals surface area (Å²) in [4.78, 5) is 80.8. The van der Waals surface area contributed by atoms with E-state index < -0.39 is 46.7 Å². The molecule has 2 aromatic heterocycles. The summed E-state index contributed by atoms with van der Waals surface area (Å²) in [5, 5.41) is 16.8. The van der Waals surface area contributed by atoms with E-state index in [4.69, 9.17) is 14.5 Å². The number of aromatic hydroxyl groups is 1. The van der Waals surface area contributed by atoms with Crippen molar-refractivity contribution in [1.82, 2.24) is 40.0 Å². The lowest BCUT2D eigenvalue weighted by Crippen LogP contribution is -2.64. The lowest BCUT2D eigenvalue weighted by Gasteiger charge is -2.46. The highest BCUT2D eigenvalue weighted by Gasteiger charge is 2.57. The van der Waals surface area contributed by atoms with Crippen LogP contribution in [0.5, 0.6) is 5.75 Å². The number of esters is 1. The molecule has 4 aromatic rings. The number of fused-ring (bicyclic) bond motifs is 6. The van der Waals surface area contributed by atoms with Gasteiger partial charge in [-0.05, 0) is 118 Å². The molecule has 3 fully saturated rings. The second-order valence-electron chi connectivity index (χ2n) is 21.1. The van der Waals surface area contributed by atoms with Gasteiger partial charge in [0.2, 0.25) is 17.7 Å². The predicted octanol–water partition coefficient (Wildman–Crippen LogP) is 5.65. The normalized spacial score (nSPS) is 21.4. The lowest BCUT2D eigenvalue weighted by atomic mass is 9.78. The van der Waals surface area contributed by atoms with Crippen molar-refractivity contribution in [3.05, 3.63) is 83.7 Å². The Morgan fingerprint density at radius 1 is 1.06 bits per heavy atom. The molecule has 0 aliphatic carbocycles. The highest BCUT2D eigenvalue weighted by Crippen LogP contribution is 2.44. The van der Waals surface area contributed by atoms with Crippen LogP contribution in [0.3, 0.4) is 0 Å². The Morgan fingerprint density at radius 2 is 1.83 bits per heavy atom. The van der Waals surface area contributed by atoms with E-state index in [2.05, 4.69) is 54.3 Å². The van der Waals surface area contributed by atoms with Gasteiger partial charge in [0.1, 0.15) is 23.9 Å². The number of hydrogen-bond donors (Lipinski definition) is 3. The molecule has 374 valence electrons. The van der Waals surface area contributed by atoms with Crippen LogP contribution in [0, 0.1) is 16.7 Å². The van der Waals surface area contributed by atoms with Gasteiger partial charge in [0.25, 0.3) is 5.91 Å². The van der Waals surface area contributed by atoms with E-state index in [1.807, 2.05) is 58.0 Å². The van der Waals surface area contributed by atoms with Crippen LogP contribution in [-0.2, 0) is 52.8 Å². The van der Waals surface area contributed by atoms with Crippen molar-refractivity contribution in [2.75, 3.05) is 60.5 Å². The molecule has 16 heteroatoms. The zero-order chi connectivity index (χ0) is 50.2. The summed E-state index contributed by atoms with van der Waals surface area (Å²) in [6.45, 7) is 14.6. The van der Waals surface area contributed by atoms with Crippen molar-refractivity contribution in [2.45, 2.75) is 104 Å². The SMILES string of the molecule is CCn1c(-c2cccnc2[C@H](C)OC)c2c3cc(ccc31)-c1cc(O)cc(c1)C[C@H](NC(=O)C(C(C)C)N1CCC3(CN(C(=O)/C=C/CN(C)C)C3)C1=O)C(=O)N1CCC[C@H](N1)C(=O)OCC(C)(C)C2. The van der Waals surface area contributed by atoms with Crippen LogP contribution in [-0.4, -0.2) is 143 Å². The highest BCUT2D eigenvalue weighted by molar-refractivity contribution is 5.98. The molecule has 6 bridgehead atoms. The molecule has 1 unspecified atom stereocenters. The molecule has 4 atom stereocenters. The van der Waals surface area contributed by atoms with Gasteiger partial charge >= 0.3 is 5.97 Å². The van der Waals surface area contributed by atoms with Crippen molar-refractivity contribution in [3.63, 3.8) is 0 Å². The van der Waals surface area contributed by atoms with Crippen LogP contribution >= 0.6 is 0 Å². The number of benzene rings is 2. The molecule has 70 heavy (non-hydrogen) atoms. The predicted molar refractivity (Wildman–Crippen MR) is 267 cm³/mol. The van der Waals surface area contributed by atoms with Crippen LogP contribution in [0.25, 0.3) is 33.3 Å². The van der Waals surface area contributed by atoms with Gasteiger partial charge in [-0.2, -0.15) is 0 Å². The van der Waals surface area contributed by atoms with Crippen molar-refractivity contribution >= 4 is 40.5 Å². The molecule has 0 radical (unpaired) electrons. The largest absolute Gasteiger partial charge is 0.508 e. The quantitative estimate of drug-likeness (QED) is 0.125. The molecule has 6 heterocycles. The fourth-order valence-electron chi connectivity index (χ4n) is 10.8. The monoisotopic (exact) mass is 959 g/mol.